The van der Waals surface area contributed by atoms with Crippen LogP contribution in [0.25, 0.3) is 28.0 Å². The number of fused-ring (bicyclic) bond motifs is 1. The minimum Gasteiger partial charge on any atom is -0.353 e. The third-order valence-electron chi connectivity index (χ3n) is 4.50. The molecule has 0 saturated heterocycles. The van der Waals surface area contributed by atoms with Crippen molar-refractivity contribution in [2.45, 2.75) is 0 Å². The van der Waals surface area contributed by atoms with E-state index in [0.717, 1.165) is 27.8 Å². The highest BCUT2D eigenvalue weighted by atomic mass is 19.1. The Morgan fingerprint density at radius 3 is 2.75 bits per heavy atom. The maximum Gasteiger partial charge on any atom is 0.155 e. The Bertz CT molecular complexity index is 1260. The van der Waals surface area contributed by atoms with Gasteiger partial charge in [-0.1, -0.05) is 24.3 Å². The van der Waals surface area contributed by atoms with Crippen LogP contribution in [0.1, 0.15) is 0 Å². The van der Waals surface area contributed by atoms with Crippen LogP contribution in [-0.4, -0.2) is 25.0 Å². The molecular formula is C21H15FN6. The predicted octanol–water partition coefficient (Wildman–Crippen LogP) is 4.69. The summed E-state index contributed by atoms with van der Waals surface area (Å²) in [7, 11) is 0. The third-order valence-corrected chi connectivity index (χ3v) is 4.50. The second-order valence-electron chi connectivity index (χ2n) is 6.32. The van der Waals surface area contributed by atoms with E-state index in [1.54, 1.807) is 24.4 Å². The van der Waals surface area contributed by atoms with Crippen LogP contribution >= 0.6 is 0 Å². The van der Waals surface area contributed by atoms with Gasteiger partial charge < -0.3 is 5.32 Å². The SMILES string of the molecule is Fc1ccccc1Nc1ccc2c(cnn2-c2cccc(-c3ncn[nH]3)c2)c1. The molecule has 3 aromatic carbocycles. The maximum atomic E-state index is 13.9. The number of nitrogens with one attached hydrogen (secondary N) is 2. The number of halogens is 1. The average molecular weight is 370 g/mol. The number of nitrogens with zero attached hydrogens (tertiary/aromatic N) is 4. The number of anilines is 2. The molecule has 0 saturated carbocycles. The molecular weight excluding hydrogens is 355 g/mol. The predicted molar refractivity (Wildman–Crippen MR) is 106 cm³/mol. The Labute approximate surface area is 159 Å². The first-order valence-corrected chi connectivity index (χ1v) is 8.73. The minimum absolute atomic E-state index is 0.289. The Hall–Kier alpha value is -4.00. The zero-order valence-electron chi connectivity index (χ0n) is 14.7. The number of rotatable bonds is 4. The molecule has 0 bridgehead atoms. The molecule has 5 rings (SSSR count). The molecule has 0 spiro atoms. The van der Waals surface area contributed by atoms with Gasteiger partial charge in [-0.15, -0.1) is 0 Å². The Morgan fingerprint density at radius 1 is 0.964 bits per heavy atom. The van der Waals surface area contributed by atoms with Crippen LogP contribution in [0.5, 0.6) is 0 Å². The van der Waals surface area contributed by atoms with Crippen LogP contribution in [0.3, 0.4) is 0 Å². The number of H-pyrrole nitrogens is 1. The fourth-order valence-corrected chi connectivity index (χ4v) is 3.16. The summed E-state index contributed by atoms with van der Waals surface area (Å²) in [6.07, 6.45) is 3.28. The van der Waals surface area contributed by atoms with E-state index in [2.05, 4.69) is 25.6 Å². The fraction of sp³-hybridized carbons (Fsp3) is 0. The van der Waals surface area contributed by atoms with Crippen LogP contribution in [0.15, 0.2) is 79.3 Å². The van der Waals surface area contributed by atoms with Crippen molar-refractivity contribution in [2.75, 3.05) is 5.32 Å². The van der Waals surface area contributed by atoms with Crippen LogP contribution in [-0.2, 0) is 0 Å². The molecule has 0 aliphatic carbocycles. The number of aromatic nitrogens is 5. The normalized spacial score (nSPS) is 11.0. The monoisotopic (exact) mass is 370 g/mol. The van der Waals surface area contributed by atoms with Gasteiger partial charge in [0.1, 0.15) is 12.1 Å². The zero-order chi connectivity index (χ0) is 18.9. The van der Waals surface area contributed by atoms with E-state index in [4.69, 9.17) is 0 Å². The molecule has 2 N–H and O–H groups in total. The van der Waals surface area contributed by atoms with Gasteiger partial charge >= 0.3 is 0 Å². The average Bonchev–Trinajstić information content (AvgIpc) is 3.40. The molecule has 0 fully saturated rings. The fourth-order valence-electron chi connectivity index (χ4n) is 3.16. The number of hydrogen-bond donors (Lipinski definition) is 2. The molecule has 0 unspecified atom stereocenters. The van der Waals surface area contributed by atoms with Crippen LogP contribution < -0.4 is 5.32 Å². The van der Waals surface area contributed by atoms with Crippen molar-refractivity contribution in [3.8, 4) is 17.1 Å². The van der Waals surface area contributed by atoms with Crippen LogP contribution in [0, 0.1) is 5.82 Å². The minimum atomic E-state index is -0.289. The summed E-state index contributed by atoms with van der Waals surface area (Å²) in [5.41, 5.74) is 4.03. The maximum absolute atomic E-state index is 13.9. The van der Waals surface area contributed by atoms with Gasteiger partial charge in [0.2, 0.25) is 0 Å². The van der Waals surface area contributed by atoms with Crippen molar-refractivity contribution in [1.29, 1.82) is 0 Å². The second-order valence-corrected chi connectivity index (χ2v) is 6.32. The van der Waals surface area contributed by atoms with Crippen molar-refractivity contribution in [2.24, 2.45) is 0 Å². The Balaban J connectivity index is 1.51. The summed E-state index contributed by atoms with van der Waals surface area (Å²) in [4.78, 5) is 4.19. The van der Waals surface area contributed by atoms with Crippen molar-refractivity contribution in [3.05, 3.63) is 85.1 Å². The summed E-state index contributed by atoms with van der Waals surface area (Å²) in [5.74, 6) is 0.414. The standard InChI is InChI=1S/C21H15FN6/c22-18-6-1-2-7-19(18)26-16-8-9-20-15(10-16)12-25-28(20)17-5-3-4-14(11-17)21-23-13-24-27-21/h1-13,26H,(H,23,24,27). The third kappa shape index (κ3) is 2.88. The van der Waals surface area contributed by atoms with Crippen LogP contribution in [0.2, 0.25) is 0 Å². The smallest absolute Gasteiger partial charge is 0.155 e. The highest BCUT2D eigenvalue weighted by molar-refractivity contribution is 5.85. The molecule has 0 amide bonds. The first-order valence-electron chi connectivity index (χ1n) is 8.73. The van der Waals surface area contributed by atoms with Crippen molar-refractivity contribution in [1.82, 2.24) is 25.0 Å². The summed E-state index contributed by atoms with van der Waals surface area (Å²) < 4.78 is 15.7. The molecule has 0 aliphatic rings. The number of hydrogen-bond acceptors (Lipinski definition) is 4. The molecule has 136 valence electrons. The van der Waals surface area contributed by atoms with E-state index in [1.807, 2.05) is 47.1 Å². The highest BCUT2D eigenvalue weighted by Crippen LogP contribution is 2.26. The van der Waals surface area contributed by atoms with E-state index in [1.165, 1.54) is 12.4 Å². The lowest BCUT2D eigenvalue weighted by molar-refractivity contribution is 0.632. The molecule has 7 heteroatoms. The lowest BCUT2D eigenvalue weighted by Crippen LogP contribution is -1.97. The molecule has 5 aromatic rings. The number of para-hydroxylation sites is 1. The summed E-state index contributed by atoms with van der Waals surface area (Å²) >= 11 is 0. The van der Waals surface area contributed by atoms with Crippen molar-refractivity contribution < 1.29 is 4.39 Å². The summed E-state index contributed by atoms with van der Waals surface area (Å²) in [6.45, 7) is 0. The van der Waals surface area contributed by atoms with Crippen LogP contribution in [0.4, 0.5) is 15.8 Å². The topological polar surface area (TPSA) is 71.4 Å². The Morgan fingerprint density at radius 2 is 1.89 bits per heavy atom. The highest BCUT2D eigenvalue weighted by Gasteiger charge is 2.09. The molecule has 2 aromatic heterocycles. The molecule has 0 aliphatic heterocycles. The molecule has 0 atom stereocenters. The summed E-state index contributed by atoms with van der Waals surface area (Å²) in [5, 5.41) is 15.3. The van der Waals surface area contributed by atoms with Gasteiger partial charge in [0.15, 0.2) is 5.82 Å². The van der Waals surface area contributed by atoms with Crippen molar-refractivity contribution in [3.63, 3.8) is 0 Å². The van der Waals surface area contributed by atoms with Gasteiger partial charge in [0.25, 0.3) is 0 Å². The molecule has 0 radical (unpaired) electrons. The lowest BCUT2D eigenvalue weighted by Gasteiger charge is -2.09. The molecule has 6 nitrogen and oxygen atoms in total. The van der Waals surface area contributed by atoms with E-state index >= 15 is 0 Å². The zero-order valence-corrected chi connectivity index (χ0v) is 14.7. The molecule has 2 heterocycles. The number of aromatic amines is 1. The first-order chi connectivity index (χ1) is 13.8. The first kappa shape index (κ1) is 16.2. The molecule has 28 heavy (non-hydrogen) atoms. The van der Waals surface area contributed by atoms with E-state index in [0.29, 0.717) is 11.5 Å². The van der Waals surface area contributed by atoms with E-state index in [-0.39, 0.29) is 5.82 Å². The van der Waals surface area contributed by atoms with Gasteiger partial charge in [-0.3, -0.25) is 5.10 Å². The van der Waals surface area contributed by atoms with Gasteiger partial charge in [-0.25, -0.2) is 14.1 Å². The van der Waals surface area contributed by atoms with E-state index in [9.17, 15) is 4.39 Å². The summed E-state index contributed by atoms with van der Waals surface area (Å²) in [6, 6.07) is 20.3. The van der Waals surface area contributed by atoms with Gasteiger partial charge in [-0.05, 0) is 42.5 Å². The lowest BCUT2D eigenvalue weighted by atomic mass is 10.2. The van der Waals surface area contributed by atoms with Crippen molar-refractivity contribution >= 4 is 22.3 Å². The van der Waals surface area contributed by atoms with Gasteiger partial charge in [-0.2, -0.15) is 10.2 Å². The second kappa shape index (κ2) is 6.62. The number of benzene rings is 3. The van der Waals surface area contributed by atoms with Gasteiger partial charge in [0.05, 0.1) is 23.1 Å². The Kier molecular flexibility index (Phi) is 3.83. The quantitative estimate of drug-likeness (QED) is 0.481. The van der Waals surface area contributed by atoms with Gasteiger partial charge in [0, 0.05) is 16.6 Å². The van der Waals surface area contributed by atoms with E-state index < -0.39 is 0 Å². The largest absolute Gasteiger partial charge is 0.353 e.